The molecule has 1 N–H and O–H groups in total. The molecular weight excluding hydrogens is 156 g/mol. The number of nitrogens with one attached hydrogen (secondary N) is 1. The van der Waals surface area contributed by atoms with E-state index < -0.39 is 0 Å². The van der Waals surface area contributed by atoms with Crippen LogP contribution in [0, 0.1) is 6.92 Å². The van der Waals surface area contributed by atoms with Crippen LogP contribution in [0.4, 0.5) is 5.69 Å². The first-order chi connectivity index (χ1) is 5.25. The van der Waals surface area contributed by atoms with E-state index in [1.54, 1.807) is 0 Å². The van der Waals surface area contributed by atoms with E-state index >= 15 is 0 Å². The van der Waals surface area contributed by atoms with Gasteiger partial charge in [-0.25, -0.2) is 0 Å². The minimum Gasteiger partial charge on any atom is -0.372 e. The largest absolute Gasteiger partial charge is 0.372 e. The van der Waals surface area contributed by atoms with E-state index in [0.29, 0.717) is 5.37 Å². The molecule has 2 heterocycles. The summed E-state index contributed by atoms with van der Waals surface area (Å²) in [5.41, 5.74) is 2.31. The maximum atomic E-state index is 4.22. The molecule has 2 nitrogen and oxygen atoms in total. The van der Waals surface area contributed by atoms with Crippen LogP contribution in [0.25, 0.3) is 0 Å². The van der Waals surface area contributed by atoms with Crippen LogP contribution >= 0.6 is 11.8 Å². The van der Waals surface area contributed by atoms with Crippen LogP contribution in [0.15, 0.2) is 17.2 Å². The van der Waals surface area contributed by atoms with Crippen molar-refractivity contribution < 1.29 is 0 Å². The maximum Gasteiger partial charge on any atom is 0.0742 e. The summed E-state index contributed by atoms with van der Waals surface area (Å²) in [6.45, 7) is 4.16. The lowest BCUT2D eigenvalue weighted by Gasteiger charge is -2.00. The Morgan fingerprint density at radius 2 is 2.45 bits per heavy atom. The molecule has 1 aliphatic rings. The molecule has 0 aliphatic carbocycles. The highest BCUT2D eigenvalue weighted by Crippen LogP contribution is 2.37. The number of thioether (sulfide) groups is 1. The first-order valence-electron chi connectivity index (χ1n) is 3.65. The fourth-order valence-electron chi connectivity index (χ4n) is 1.19. The Bertz CT molecular complexity index is 285. The molecule has 0 saturated heterocycles. The number of rotatable bonds is 0. The van der Waals surface area contributed by atoms with Crippen molar-refractivity contribution >= 4 is 17.4 Å². The predicted octanol–water partition coefficient (Wildman–Crippen LogP) is 2.25. The summed E-state index contributed by atoms with van der Waals surface area (Å²) < 4.78 is 0. The van der Waals surface area contributed by atoms with E-state index in [9.17, 15) is 0 Å². The van der Waals surface area contributed by atoms with Crippen molar-refractivity contribution in [1.82, 2.24) is 4.98 Å². The number of aryl methyl sites for hydroxylation is 1. The standard InChI is InChI=1S/C8H10N2S/c1-5-3-7-8(4-9-5)11-6(2)10-7/h3-4,6,10H,1-2H3. The van der Waals surface area contributed by atoms with E-state index in [0.717, 1.165) is 5.69 Å². The zero-order chi connectivity index (χ0) is 7.84. The summed E-state index contributed by atoms with van der Waals surface area (Å²) in [5, 5.41) is 3.86. The third-order valence-electron chi connectivity index (χ3n) is 1.67. The average Bonchev–Trinajstić information content (AvgIpc) is 2.27. The molecule has 0 amide bonds. The van der Waals surface area contributed by atoms with Crippen LogP contribution < -0.4 is 5.32 Å². The van der Waals surface area contributed by atoms with Crippen molar-refractivity contribution in [3.05, 3.63) is 18.0 Å². The zero-order valence-electron chi connectivity index (χ0n) is 6.59. The SMILES string of the molecule is Cc1cc2c(cn1)SC(C)N2. The van der Waals surface area contributed by atoms with Gasteiger partial charge in [0, 0.05) is 11.9 Å². The molecule has 0 saturated carbocycles. The topological polar surface area (TPSA) is 24.9 Å². The van der Waals surface area contributed by atoms with Crippen LogP contribution in [0.3, 0.4) is 0 Å². The van der Waals surface area contributed by atoms with Crippen LogP contribution in [-0.4, -0.2) is 10.4 Å². The molecule has 58 valence electrons. The second-order valence-electron chi connectivity index (χ2n) is 2.73. The first-order valence-corrected chi connectivity index (χ1v) is 4.53. The normalized spacial score (nSPS) is 21.1. The molecule has 0 bridgehead atoms. The van der Waals surface area contributed by atoms with Crippen molar-refractivity contribution in [1.29, 1.82) is 0 Å². The molecule has 0 fully saturated rings. The van der Waals surface area contributed by atoms with Gasteiger partial charge in [-0.1, -0.05) is 11.8 Å². The Kier molecular flexibility index (Phi) is 1.53. The van der Waals surface area contributed by atoms with Gasteiger partial charge in [-0.3, -0.25) is 4.98 Å². The minimum atomic E-state index is 0.494. The van der Waals surface area contributed by atoms with Gasteiger partial charge in [0.05, 0.1) is 16.0 Å². The van der Waals surface area contributed by atoms with E-state index in [1.807, 2.05) is 24.9 Å². The highest BCUT2D eigenvalue weighted by atomic mass is 32.2. The van der Waals surface area contributed by atoms with Gasteiger partial charge in [0.25, 0.3) is 0 Å². The van der Waals surface area contributed by atoms with Gasteiger partial charge in [-0.2, -0.15) is 0 Å². The number of anilines is 1. The molecule has 2 rings (SSSR count). The lowest BCUT2D eigenvalue weighted by Crippen LogP contribution is -2.02. The van der Waals surface area contributed by atoms with Gasteiger partial charge in [-0.15, -0.1) is 0 Å². The van der Waals surface area contributed by atoms with Gasteiger partial charge < -0.3 is 5.32 Å². The number of aromatic nitrogens is 1. The lowest BCUT2D eigenvalue weighted by molar-refractivity contribution is 1.12. The molecule has 1 aromatic heterocycles. The molecular formula is C8H10N2S. The van der Waals surface area contributed by atoms with Gasteiger partial charge in [0.15, 0.2) is 0 Å². The fourth-order valence-corrected chi connectivity index (χ4v) is 2.12. The summed E-state index contributed by atoms with van der Waals surface area (Å²) in [4.78, 5) is 5.49. The number of hydrogen-bond donors (Lipinski definition) is 1. The van der Waals surface area contributed by atoms with Gasteiger partial charge in [0.1, 0.15) is 0 Å². The zero-order valence-corrected chi connectivity index (χ0v) is 7.40. The fraction of sp³-hybridized carbons (Fsp3) is 0.375. The monoisotopic (exact) mass is 166 g/mol. The van der Waals surface area contributed by atoms with Gasteiger partial charge in [-0.05, 0) is 19.9 Å². The Balaban J connectivity index is 2.43. The minimum absolute atomic E-state index is 0.494. The van der Waals surface area contributed by atoms with Crippen molar-refractivity contribution in [2.45, 2.75) is 24.1 Å². The van der Waals surface area contributed by atoms with E-state index in [2.05, 4.69) is 23.3 Å². The Hall–Kier alpha value is -0.700. The summed E-state index contributed by atoms with van der Waals surface area (Å²) in [6.07, 6.45) is 1.94. The summed E-state index contributed by atoms with van der Waals surface area (Å²) in [6, 6.07) is 2.09. The molecule has 0 aromatic carbocycles. The van der Waals surface area contributed by atoms with Crippen LogP contribution in [-0.2, 0) is 0 Å². The highest BCUT2D eigenvalue weighted by molar-refractivity contribution is 8.00. The Labute approximate surface area is 70.4 Å². The second kappa shape index (κ2) is 2.41. The van der Waals surface area contributed by atoms with Crippen LogP contribution in [0.1, 0.15) is 12.6 Å². The van der Waals surface area contributed by atoms with Crippen LogP contribution in [0.2, 0.25) is 0 Å². The molecule has 1 unspecified atom stereocenters. The number of hydrogen-bond acceptors (Lipinski definition) is 3. The van der Waals surface area contributed by atoms with Gasteiger partial charge >= 0.3 is 0 Å². The van der Waals surface area contributed by atoms with E-state index in [4.69, 9.17) is 0 Å². The van der Waals surface area contributed by atoms with Gasteiger partial charge in [0.2, 0.25) is 0 Å². The van der Waals surface area contributed by atoms with E-state index in [1.165, 1.54) is 10.6 Å². The molecule has 11 heavy (non-hydrogen) atoms. The molecule has 0 spiro atoms. The van der Waals surface area contributed by atoms with Crippen molar-refractivity contribution in [2.24, 2.45) is 0 Å². The molecule has 1 aliphatic heterocycles. The number of nitrogens with zero attached hydrogens (tertiary/aromatic N) is 1. The lowest BCUT2D eigenvalue weighted by atomic mass is 10.3. The van der Waals surface area contributed by atoms with E-state index in [-0.39, 0.29) is 0 Å². The van der Waals surface area contributed by atoms with Crippen molar-refractivity contribution in [3.63, 3.8) is 0 Å². The van der Waals surface area contributed by atoms with Crippen LogP contribution in [0.5, 0.6) is 0 Å². The maximum absolute atomic E-state index is 4.22. The predicted molar refractivity (Wildman–Crippen MR) is 47.9 cm³/mol. The molecule has 1 aromatic rings. The second-order valence-corrected chi connectivity index (χ2v) is 4.11. The molecule has 3 heteroatoms. The molecule has 1 atom stereocenters. The van der Waals surface area contributed by atoms with Crippen molar-refractivity contribution in [3.8, 4) is 0 Å². The third kappa shape index (κ3) is 1.20. The van der Waals surface area contributed by atoms with Crippen molar-refractivity contribution in [2.75, 3.05) is 5.32 Å². The average molecular weight is 166 g/mol. The Morgan fingerprint density at radius 3 is 3.27 bits per heavy atom. The first kappa shape index (κ1) is 6.98. The number of fused-ring (bicyclic) bond motifs is 1. The third-order valence-corrected chi connectivity index (χ3v) is 2.72. The summed E-state index contributed by atoms with van der Waals surface area (Å²) in [5.74, 6) is 0. The Morgan fingerprint density at radius 1 is 1.64 bits per heavy atom. The molecule has 0 radical (unpaired) electrons. The highest BCUT2D eigenvalue weighted by Gasteiger charge is 2.16. The smallest absolute Gasteiger partial charge is 0.0742 e. The summed E-state index contributed by atoms with van der Waals surface area (Å²) >= 11 is 1.83. The summed E-state index contributed by atoms with van der Waals surface area (Å²) in [7, 11) is 0. The quantitative estimate of drug-likeness (QED) is 0.640. The number of pyridine rings is 1.